The summed E-state index contributed by atoms with van der Waals surface area (Å²) in [4.78, 5) is 25.2. The molecule has 1 amide bonds. The molecule has 0 fully saturated rings. The van der Waals surface area contributed by atoms with Gasteiger partial charge >= 0.3 is 5.97 Å². The lowest BCUT2D eigenvalue weighted by molar-refractivity contribution is -0.153. The van der Waals surface area contributed by atoms with E-state index in [1.165, 1.54) is 29.2 Å². The topological polar surface area (TPSA) is 55.4 Å². The zero-order valence-electron chi connectivity index (χ0n) is 16.6. The van der Waals surface area contributed by atoms with Crippen LogP contribution >= 0.6 is 0 Å². The highest BCUT2D eigenvalue weighted by atomic mass is 16.5. The standard InChI is InChI=1S/C24H27NO3/c1-3-28-23(27)24(25-16(2)26,14-17-4-6-19-8-10-21(19)12-17)15-18-5-7-20-9-11-22(20)13-18/h4-7,12-13H,3,8-11,14-15H2,1-2H3,(H,25,26). The molecule has 0 saturated heterocycles. The minimum absolute atomic E-state index is 0.221. The lowest BCUT2D eigenvalue weighted by atomic mass is 9.79. The second-order valence-corrected chi connectivity index (χ2v) is 8.04. The molecule has 0 radical (unpaired) electrons. The minimum atomic E-state index is -1.10. The van der Waals surface area contributed by atoms with Crippen molar-refractivity contribution in [2.45, 2.75) is 57.9 Å². The molecule has 4 rings (SSSR count). The summed E-state index contributed by atoms with van der Waals surface area (Å²) in [5, 5.41) is 2.97. The molecule has 0 aliphatic heterocycles. The zero-order chi connectivity index (χ0) is 19.7. The maximum absolute atomic E-state index is 13.1. The maximum Gasteiger partial charge on any atom is 0.332 e. The summed E-state index contributed by atoms with van der Waals surface area (Å²) in [6, 6.07) is 12.8. The lowest BCUT2D eigenvalue weighted by Gasteiger charge is -2.33. The molecule has 1 N–H and O–H groups in total. The molecule has 2 aromatic rings. The first-order chi connectivity index (χ1) is 13.5. The lowest BCUT2D eigenvalue weighted by Crippen LogP contribution is -2.58. The third kappa shape index (κ3) is 3.56. The van der Waals surface area contributed by atoms with Gasteiger partial charge in [0.15, 0.2) is 0 Å². The van der Waals surface area contributed by atoms with E-state index >= 15 is 0 Å². The number of carbonyl (C=O) groups is 2. The fraction of sp³-hybridized carbons (Fsp3) is 0.417. The van der Waals surface area contributed by atoms with Crippen LogP contribution in [0.4, 0.5) is 0 Å². The van der Waals surface area contributed by atoms with Crippen LogP contribution in [0.3, 0.4) is 0 Å². The fourth-order valence-corrected chi connectivity index (χ4v) is 4.37. The quantitative estimate of drug-likeness (QED) is 0.755. The van der Waals surface area contributed by atoms with Crippen molar-refractivity contribution >= 4 is 11.9 Å². The van der Waals surface area contributed by atoms with Gasteiger partial charge in [0.25, 0.3) is 0 Å². The van der Waals surface area contributed by atoms with Crippen molar-refractivity contribution in [3.05, 3.63) is 69.8 Å². The number of hydrogen-bond donors (Lipinski definition) is 1. The number of carbonyl (C=O) groups excluding carboxylic acids is 2. The Balaban J connectivity index is 1.69. The highest BCUT2D eigenvalue weighted by molar-refractivity contribution is 5.88. The highest BCUT2D eigenvalue weighted by Crippen LogP contribution is 2.29. The van der Waals surface area contributed by atoms with E-state index in [0.29, 0.717) is 12.8 Å². The van der Waals surface area contributed by atoms with Crippen molar-refractivity contribution < 1.29 is 14.3 Å². The molecular weight excluding hydrogens is 350 g/mol. The van der Waals surface area contributed by atoms with Crippen LogP contribution in [0, 0.1) is 0 Å². The van der Waals surface area contributed by atoms with E-state index < -0.39 is 5.54 Å². The minimum Gasteiger partial charge on any atom is -0.464 e. The van der Waals surface area contributed by atoms with Crippen LogP contribution < -0.4 is 5.32 Å². The summed E-state index contributed by atoms with van der Waals surface area (Å²) in [5.74, 6) is -0.587. The normalized spacial score (nSPS) is 14.2. The number of ether oxygens (including phenoxy) is 1. The van der Waals surface area contributed by atoms with Crippen LogP contribution in [-0.2, 0) is 52.9 Å². The van der Waals surface area contributed by atoms with Gasteiger partial charge in [-0.25, -0.2) is 4.79 Å². The third-order valence-corrected chi connectivity index (χ3v) is 5.96. The van der Waals surface area contributed by atoms with Gasteiger partial charge in [-0.2, -0.15) is 0 Å². The third-order valence-electron chi connectivity index (χ3n) is 5.96. The summed E-state index contributed by atoms with van der Waals surface area (Å²) in [6.07, 6.45) is 5.27. The van der Waals surface area contributed by atoms with Crippen molar-refractivity contribution in [1.29, 1.82) is 0 Å². The maximum atomic E-state index is 13.1. The van der Waals surface area contributed by atoms with Gasteiger partial charge in [0.1, 0.15) is 5.54 Å². The number of rotatable bonds is 7. The van der Waals surface area contributed by atoms with Gasteiger partial charge in [-0.05, 0) is 66.0 Å². The van der Waals surface area contributed by atoms with E-state index in [2.05, 4.69) is 41.7 Å². The van der Waals surface area contributed by atoms with E-state index in [4.69, 9.17) is 4.74 Å². The largest absolute Gasteiger partial charge is 0.464 e. The van der Waals surface area contributed by atoms with Gasteiger partial charge in [-0.15, -0.1) is 0 Å². The molecule has 0 atom stereocenters. The number of amides is 1. The Hall–Kier alpha value is -2.62. The van der Waals surface area contributed by atoms with Gasteiger partial charge < -0.3 is 10.1 Å². The average Bonchev–Trinajstić information content (AvgIpc) is 2.59. The molecular formula is C24H27NO3. The van der Waals surface area contributed by atoms with Crippen molar-refractivity contribution in [3.8, 4) is 0 Å². The smallest absolute Gasteiger partial charge is 0.332 e. The van der Waals surface area contributed by atoms with Crippen LogP contribution in [0.5, 0.6) is 0 Å². The number of fused-ring (bicyclic) bond motifs is 2. The first-order valence-electron chi connectivity index (χ1n) is 10.2. The first kappa shape index (κ1) is 18.7. The SMILES string of the molecule is CCOC(=O)C(Cc1ccc2c(c1)CC2)(Cc1ccc2c(c1)CC2)NC(C)=O. The first-order valence-corrected chi connectivity index (χ1v) is 10.2. The van der Waals surface area contributed by atoms with E-state index in [1.807, 2.05) is 0 Å². The second kappa shape index (κ2) is 7.42. The van der Waals surface area contributed by atoms with Crippen LogP contribution in [0.25, 0.3) is 0 Å². The van der Waals surface area contributed by atoms with E-state index in [1.54, 1.807) is 6.92 Å². The number of hydrogen-bond acceptors (Lipinski definition) is 3. The molecule has 0 spiro atoms. The Morgan fingerprint density at radius 3 is 1.75 bits per heavy atom. The average molecular weight is 377 g/mol. The molecule has 0 bridgehead atoms. The summed E-state index contributed by atoms with van der Waals surface area (Å²) in [5.41, 5.74) is 6.48. The van der Waals surface area contributed by atoms with Crippen LogP contribution in [0.15, 0.2) is 36.4 Å². The Kier molecular flexibility index (Phi) is 4.96. The molecule has 0 heterocycles. The van der Waals surface area contributed by atoms with Crippen LogP contribution in [0.2, 0.25) is 0 Å². The summed E-state index contributed by atoms with van der Waals surface area (Å²) >= 11 is 0. The summed E-state index contributed by atoms with van der Waals surface area (Å²) in [7, 11) is 0. The van der Waals surface area contributed by atoms with Crippen molar-refractivity contribution in [1.82, 2.24) is 5.32 Å². The predicted molar refractivity (Wildman–Crippen MR) is 108 cm³/mol. The van der Waals surface area contributed by atoms with E-state index in [-0.39, 0.29) is 18.5 Å². The van der Waals surface area contributed by atoms with Crippen molar-refractivity contribution in [2.75, 3.05) is 6.61 Å². The van der Waals surface area contributed by atoms with Crippen LogP contribution in [-0.4, -0.2) is 24.0 Å². The monoisotopic (exact) mass is 377 g/mol. The highest BCUT2D eigenvalue weighted by Gasteiger charge is 2.41. The van der Waals surface area contributed by atoms with Gasteiger partial charge in [-0.3, -0.25) is 4.79 Å². The molecule has 146 valence electrons. The van der Waals surface area contributed by atoms with E-state index in [0.717, 1.165) is 36.8 Å². The van der Waals surface area contributed by atoms with Crippen molar-refractivity contribution in [3.63, 3.8) is 0 Å². The van der Waals surface area contributed by atoms with Gasteiger partial charge in [0.2, 0.25) is 5.91 Å². The molecule has 28 heavy (non-hydrogen) atoms. The molecule has 0 saturated carbocycles. The van der Waals surface area contributed by atoms with Gasteiger partial charge in [0.05, 0.1) is 6.61 Å². The Labute approximate surface area is 166 Å². The molecule has 0 unspecified atom stereocenters. The van der Waals surface area contributed by atoms with Crippen LogP contribution in [0.1, 0.15) is 47.2 Å². The fourth-order valence-electron chi connectivity index (χ4n) is 4.37. The Morgan fingerprint density at radius 1 is 0.893 bits per heavy atom. The molecule has 2 aromatic carbocycles. The van der Waals surface area contributed by atoms with E-state index in [9.17, 15) is 9.59 Å². The zero-order valence-corrected chi connectivity index (χ0v) is 16.6. The Bertz CT molecular complexity index is 874. The number of aryl methyl sites for hydroxylation is 4. The number of esters is 1. The molecule has 2 aliphatic rings. The molecule has 0 aromatic heterocycles. The van der Waals surface area contributed by atoms with Gasteiger partial charge in [-0.1, -0.05) is 36.4 Å². The molecule has 4 heteroatoms. The van der Waals surface area contributed by atoms with Gasteiger partial charge in [0, 0.05) is 19.8 Å². The summed E-state index contributed by atoms with van der Waals surface area (Å²) in [6.45, 7) is 3.55. The second-order valence-electron chi connectivity index (χ2n) is 8.04. The van der Waals surface area contributed by atoms with Crippen molar-refractivity contribution in [2.24, 2.45) is 0 Å². The molecule has 4 nitrogen and oxygen atoms in total. The number of nitrogens with one attached hydrogen (secondary N) is 1. The molecule has 2 aliphatic carbocycles. The Morgan fingerprint density at radius 2 is 1.39 bits per heavy atom. The number of benzene rings is 2. The summed E-state index contributed by atoms with van der Waals surface area (Å²) < 4.78 is 5.43. The predicted octanol–water partition coefficient (Wildman–Crippen LogP) is 3.11.